The van der Waals surface area contributed by atoms with Gasteiger partial charge in [0.1, 0.15) is 11.5 Å². The second kappa shape index (κ2) is 12.2. The summed E-state index contributed by atoms with van der Waals surface area (Å²) >= 11 is 0. The molecule has 1 amide bonds. The fraction of sp³-hybridized carbons (Fsp3) is 0.500. The maximum Gasteiger partial charge on any atom is 0.257 e. The summed E-state index contributed by atoms with van der Waals surface area (Å²) in [4.78, 5) is 15.0. The Bertz CT molecular complexity index is 1040. The number of carbonyl (C=O) groups is 1. The molecule has 0 spiro atoms. The van der Waals surface area contributed by atoms with Crippen molar-refractivity contribution < 1.29 is 22.7 Å². The van der Waals surface area contributed by atoms with E-state index >= 15 is 0 Å². The molecule has 1 N–H and O–H groups in total. The van der Waals surface area contributed by atoms with E-state index in [-0.39, 0.29) is 22.5 Å². The molecular weight excluding hydrogens is 452 g/mol. The van der Waals surface area contributed by atoms with Crippen molar-refractivity contribution >= 4 is 15.9 Å². The Morgan fingerprint density at radius 1 is 1.03 bits per heavy atom. The number of nitrogens with one attached hydrogen (secondary N) is 1. The molecule has 3 rings (SSSR count). The van der Waals surface area contributed by atoms with Crippen molar-refractivity contribution in [2.45, 2.75) is 63.4 Å². The van der Waals surface area contributed by atoms with E-state index in [0.717, 1.165) is 43.4 Å². The van der Waals surface area contributed by atoms with E-state index in [4.69, 9.17) is 9.47 Å². The van der Waals surface area contributed by atoms with E-state index in [2.05, 4.69) is 4.72 Å². The zero-order valence-corrected chi connectivity index (χ0v) is 21.2. The molecule has 0 bridgehead atoms. The van der Waals surface area contributed by atoms with E-state index in [1.54, 1.807) is 11.0 Å². The molecule has 1 aliphatic rings. The molecule has 0 saturated carbocycles. The first-order chi connectivity index (χ1) is 16.3. The summed E-state index contributed by atoms with van der Waals surface area (Å²) in [5.74, 6) is 1.03. The van der Waals surface area contributed by atoms with Crippen molar-refractivity contribution in [3.63, 3.8) is 0 Å². The average molecular weight is 489 g/mol. The molecule has 0 aromatic heterocycles. The van der Waals surface area contributed by atoms with Crippen LogP contribution in [0.15, 0.2) is 47.4 Å². The molecule has 34 heavy (non-hydrogen) atoms. The van der Waals surface area contributed by atoms with E-state index in [9.17, 15) is 13.2 Å². The first-order valence-corrected chi connectivity index (χ1v) is 13.5. The number of benzene rings is 2. The van der Waals surface area contributed by atoms with Crippen LogP contribution in [0.25, 0.3) is 0 Å². The lowest BCUT2D eigenvalue weighted by molar-refractivity contribution is 0.0758. The van der Waals surface area contributed by atoms with Gasteiger partial charge in [-0.25, -0.2) is 13.1 Å². The van der Waals surface area contributed by atoms with Gasteiger partial charge in [-0.1, -0.05) is 25.0 Å². The number of sulfonamides is 1. The van der Waals surface area contributed by atoms with E-state index < -0.39 is 10.0 Å². The molecule has 0 radical (unpaired) electrons. The van der Waals surface area contributed by atoms with Crippen LogP contribution >= 0.6 is 0 Å². The molecule has 0 aliphatic carbocycles. The highest BCUT2D eigenvalue weighted by molar-refractivity contribution is 7.89. The third kappa shape index (κ3) is 7.21. The summed E-state index contributed by atoms with van der Waals surface area (Å²) in [6, 6.07) is 12.3. The first-order valence-electron chi connectivity index (χ1n) is 12.0. The van der Waals surface area contributed by atoms with Crippen molar-refractivity contribution in [2.75, 3.05) is 26.7 Å². The van der Waals surface area contributed by atoms with Gasteiger partial charge in [0.15, 0.2) is 0 Å². The summed E-state index contributed by atoms with van der Waals surface area (Å²) in [6.07, 6.45) is 5.65. The second-order valence-electron chi connectivity index (χ2n) is 8.88. The molecule has 2 aromatic carbocycles. The number of rotatable bonds is 10. The predicted octanol–water partition coefficient (Wildman–Crippen LogP) is 4.41. The minimum absolute atomic E-state index is 0.0710. The lowest BCUT2D eigenvalue weighted by atomic mass is 10.1. The standard InChI is InChI=1S/C26H36N2O5S/c1-20(2)33-22-12-10-21(11-13-22)9-8-16-27-34(30,31)23-14-15-25(32-3)24(19-23)26(29)28-17-6-4-5-7-18-28/h10-15,19-20,27H,4-9,16-18H2,1-3H3. The Morgan fingerprint density at radius 3 is 2.32 bits per heavy atom. The highest BCUT2D eigenvalue weighted by atomic mass is 32.2. The minimum Gasteiger partial charge on any atom is -0.496 e. The third-order valence-corrected chi connectivity index (χ3v) is 7.29. The van der Waals surface area contributed by atoms with Crippen molar-refractivity contribution in [1.29, 1.82) is 0 Å². The van der Waals surface area contributed by atoms with Crippen LogP contribution in [-0.2, 0) is 16.4 Å². The van der Waals surface area contributed by atoms with Gasteiger partial charge in [0.05, 0.1) is 23.7 Å². The molecule has 0 atom stereocenters. The van der Waals surface area contributed by atoms with E-state index in [0.29, 0.717) is 31.8 Å². The number of hydrogen-bond donors (Lipinski definition) is 1. The molecule has 186 valence electrons. The summed E-state index contributed by atoms with van der Waals surface area (Å²) in [6.45, 7) is 5.63. The minimum atomic E-state index is -3.75. The van der Waals surface area contributed by atoms with Crippen LogP contribution in [0.4, 0.5) is 0 Å². The average Bonchev–Trinajstić information content (AvgIpc) is 3.11. The Hall–Kier alpha value is -2.58. The van der Waals surface area contributed by atoms with Crippen LogP contribution in [-0.4, -0.2) is 52.1 Å². The molecule has 8 heteroatoms. The molecule has 1 fully saturated rings. The van der Waals surface area contributed by atoms with Gasteiger partial charge in [-0.15, -0.1) is 0 Å². The molecule has 1 saturated heterocycles. The second-order valence-corrected chi connectivity index (χ2v) is 10.6. The monoisotopic (exact) mass is 488 g/mol. The quantitative estimate of drug-likeness (QED) is 0.501. The molecule has 1 heterocycles. The number of amides is 1. The molecular formula is C26H36N2O5S. The van der Waals surface area contributed by atoms with Crippen LogP contribution in [0.5, 0.6) is 11.5 Å². The Balaban J connectivity index is 1.61. The van der Waals surface area contributed by atoms with E-state index in [1.165, 1.54) is 19.2 Å². The van der Waals surface area contributed by atoms with Gasteiger partial charge in [0, 0.05) is 19.6 Å². The lowest BCUT2D eigenvalue weighted by Crippen LogP contribution is -2.32. The number of aryl methyl sites for hydroxylation is 1. The predicted molar refractivity (Wildman–Crippen MR) is 133 cm³/mol. The van der Waals surface area contributed by atoms with Gasteiger partial charge in [0.2, 0.25) is 10.0 Å². The largest absolute Gasteiger partial charge is 0.496 e. The number of nitrogens with zero attached hydrogens (tertiary/aromatic N) is 1. The van der Waals surface area contributed by atoms with Crippen molar-refractivity contribution in [2.24, 2.45) is 0 Å². The summed E-state index contributed by atoms with van der Waals surface area (Å²) in [5, 5.41) is 0. The number of carbonyl (C=O) groups excluding carboxylic acids is 1. The number of likely N-dealkylation sites (tertiary alicyclic amines) is 1. The maximum absolute atomic E-state index is 13.1. The topological polar surface area (TPSA) is 84.9 Å². The molecule has 1 aliphatic heterocycles. The van der Waals surface area contributed by atoms with Crippen molar-refractivity contribution in [3.05, 3.63) is 53.6 Å². The number of hydrogen-bond acceptors (Lipinski definition) is 5. The summed E-state index contributed by atoms with van der Waals surface area (Å²) in [5.41, 5.74) is 1.40. The Morgan fingerprint density at radius 2 is 1.71 bits per heavy atom. The lowest BCUT2D eigenvalue weighted by Gasteiger charge is -2.22. The van der Waals surface area contributed by atoms with Gasteiger partial charge in [-0.2, -0.15) is 0 Å². The SMILES string of the molecule is COc1ccc(S(=O)(=O)NCCCc2ccc(OC(C)C)cc2)cc1C(=O)N1CCCCCC1. The van der Waals surface area contributed by atoms with Crippen LogP contribution in [0.3, 0.4) is 0 Å². The molecule has 7 nitrogen and oxygen atoms in total. The van der Waals surface area contributed by atoms with Crippen LogP contribution in [0.2, 0.25) is 0 Å². The maximum atomic E-state index is 13.1. The fourth-order valence-electron chi connectivity index (χ4n) is 4.05. The van der Waals surface area contributed by atoms with Crippen LogP contribution < -0.4 is 14.2 Å². The summed E-state index contributed by atoms with van der Waals surface area (Å²) < 4.78 is 39.5. The Kier molecular flexibility index (Phi) is 9.36. The van der Waals surface area contributed by atoms with Crippen LogP contribution in [0.1, 0.15) is 61.9 Å². The van der Waals surface area contributed by atoms with Gasteiger partial charge in [0.25, 0.3) is 5.91 Å². The van der Waals surface area contributed by atoms with Gasteiger partial charge < -0.3 is 14.4 Å². The molecule has 2 aromatic rings. The third-order valence-electron chi connectivity index (χ3n) is 5.83. The number of ether oxygens (including phenoxy) is 2. The van der Waals surface area contributed by atoms with Gasteiger partial charge in [-0.05, 0) is 75.4 Å². The van der Waals surface area contributed by atoms with Crippen molar-refractivity contribution in [1.82, 2.24) is 9.62 Å². The first kappa shape index (κ1) is 26.0. The molecule has 0 unspecified atom stereocenters. The highest BCUT2D eigenvalue weighted by Crippen LogP contribution is 2.25. The zero-order valence-electron chi connectivity index (χ0n) is 20.4. The summed E-state index contributed by atoms with van der Waals surface area (Å²) in [7, 11) is -2.26. The van der Waals surface area contributed by atoms with Gasteiger partial charge in [-0.3, -0.25) is 4.79 Å². The van der Waals surface area contributed by atoms with E-state index in [1.807, 2.05) is 38.1 Å². The Labute approximate surface area is 203 Å². The van der Waals surface area contributed by atoms with Gasteiger partial charge >= 0.3 is 0 Å². The normalized spacial score (nSPS) is 14.6. The smallest absolute Gasteiger partial charge is 0.257 e. The highest BCUT2D eigenvalue weighted by Gasteiger charge is 2.24. The zero-order chi connectivity index (χ0) is 24.6. The van der Waals surface area contributed by atoms with Crippen molar-refractivity contribution in [3.8, 4) is 11.5 Å². The number of methoxy groups -OCH3 is 1. The van der Waals surface area contributed by atoms with Crippen LogP contribution in [0, 0.1) is 0 Å². The fourth-order valence-corrected chi connectivity index (χ4v) is 5.15.